The number of aliphatic carboxylic acids is 1. The summed E-state index contributed by atoms with van der Waals surface area (Å²) in [7, 11) is 5.66. The Balaban J connectivity index is 4.33. The molecular weight excluding hydrogens is 234 g/mol. The summed E-state index contributed by atoms with van der Waals surface area (Å²) >= 11 is 0. The van der Waals surface area contributed by atoms with Crippen molar-refractivity contribution in [2.24, 2.45) is 0 Å². The van der Waals surface area contributed by atoms with Crippen molar-refractivity contribution in [1.29, 1.82) is 0 Å². The van der Waals surface area contributed by atoms with Gasteiger partial charge >= 0.3 is 12.0 Å². The summed E-state index contributed by atoms with van der Waals surface area (Å²) < 4.78 is 0. The minimum Gasteiger partial charge on any atom is -0.480 e. The number of carboxylic acids is 1. The molecule has 0 aliphatic carbocycles. The van der Waals surface area contributed by atoms with Crippen molar-refractivity contribution in [3.05, 3.63) is 0 Å². The molecule has 0 fully saturated rings. The largest absolute Gasteiger partial charge is 0.480 e. The molecule has 0 aromatic carbocycles. The van der Waals surface area contributed by atoms with E-state index in [9.17, 15) is 9.59 Å². The first-order valence-corrected chi connectivity index (χ1v) is 6.14. The van der Waals surface area contributed by atoms with Gasteiger partial charge in [0, 0.05) is 19.6 Å². The van der Waals surface area contributed by atoms with Crippen molar-refractivity contribution in [3.63, 3.8) is 0 Å². The van der Waals surface area contributed by atoms with Crippen LogP contribution in [0.2, 0.25) is 0 Å². The van der Waals surface area contributed by atoms with E-state index in [2.05, 4.69) is 4.90 Å². The van der Waals surface area contributed by atoms with Crippen LogP contribution in [-0.4, -0.2) is 78.6 Å². The Morgan fingerprint density at radius 3 is 2.06 bits per heavy atom. The van der Waals surface area contributed by atoms with Crippen molar-refractivity contribution in [1.82, 2.24) is 14.7 Å². The van der Waals surface area contributed by atoms with Gasteiger partial charge in [0.1, 0.15) is 6.54 Å². The Morgan fingerprint density at radius 1 is 1.11 bits per heavy atom. The van der Waals surface area contributed by atoms with E-state index in [4.69, 9.17) is 5.11 Å². The number of hydrogen-bond acceptors (Lipinski definition) is 3. The Kier molecular flexibility index (Phi) is 7.35. The zero-order chi connectivity index (χ0) is 14.3. The van der Waals surface area contributed by atoms with Crippen LogP contribution in [0.4, 0.5) is 4.79 Å². The molecule has 0 radical (unpaired) electrons. The molecule has 6 heteroatoms. The minimum absolute atomic E-state index is 0.120. The van der Waals surface area contributed by atoms with Crippen molar-refractivity contribution in [3.8, 4) is 0 Å². The van der Waals surface area contributed by atoms with Crippen molar-refractivity contribution >= 4 is 12.0 Å². The molecule has 18 heavy (non-hydrogen) atoms. The highest BCUT2D eigenvalue weighted by atomic mass is 16.4. The highest BCUT2D eigenvalue weighted by Gasteiger charge is 2.22. The van der Waals surface area contributed by atoms with E-state index in [0.29, 0.717) is 6.54 Å². The summed E-state index contributed by atoms with van der Waals surface area (Å²) in [5.41, 5.74) is 0. The predicted molar refractivity (Wildman–Crippen MR) is 70.7 cm³/mol. The van der Waals surface area contributed by atoms with Gasteiger partial charge < -0.3 is 19.8 Å². The third kappa shape index (κ3) is 6.44. The highest BCUT2D eigenvalue weighted by Crippen LogP contribution is 2.04. The fourth-order valence-corrected chi connectivity index (χ4v) is 1.56. The molecule has 2 amide bonds. The monoisotopic (exact) mass is 259 g/mol. The first-order chi connectivity index (χ1) is 8.25. The van der Waals surface area contributed by atoms with E-state index in [1.165, 1.54) is 4.90 Å². The quantitative estimate of drug-likeness (QED) is 0.734. The van der Waals surface area contributed by atoms with Gasteiger partial charge in [-0.1, -0.05) is 0 Å². The number of rotatable bonds is 7. The van der Waals surface area contributed by atoms with E-state index in [0.717, 1.165) is 13.0 Å². The maximum atomic E-state index is 12.1. The van der Waals surface area contributed by atoms with Crippen LogP contribution < -0.4 is 0 Å². The lowest BCUT2D eigenvalue weighted by molar-refractivity contribution is -0.138. The average Bonchev–Trinajstić information content (AvgIpc) is 2.23. The van der Waals surface area contributed by atoms with Gasteiger partial charge in [0.2, 0.25) is 0 Å². The molecule has 106 valence electrons. The maximum absolute atomic E-state index is 12.1. The number of amides is 2. The number of carboxylic acid groups (broad SMARTS) is 1. The number of hydrogen-bond donors (Lipinski definition) is 1. The molecule has 0 heterocycles. The molecule has 0 saturated carbocycles. The van der Waals surface area contributed by atoms with E-state index in [1.54, 1.807) is 11.9 Å². The first-order valence-electron chi connectivity index (χ1n) is 6.14. The SMILES string of the molecule is CC(C)N(CC(=O)O)C(=O)N(C)CCCN(C)C. The van der Waals surface area contributed by atoms with E-state index in [1.807, 2.05) is 27.9 Å². The van der Waals surface area contributed by atoms with Crippen LogP contribution in [-0.2, 0) is 4.79 Å². The standard InChI is InChI=1S/C12H25N3O3/c1-10(2)15(9-11(16)17)12(18)14(5)8-6-7-13(3)4/h10H,6-9H2,1-5H3,(H,16,17). The highest BCUT2D eigenvalue weighted by molar-refractivity contribution is 5.80. The van der Waals surface area contributed by atoms with Gasteiger partial charge in [-0.15, -0.1) is 0 Å². The number of urea groups is 1. The lowest BCUT2D eigenvalue weighted by atomic mass is 10.3. The minimum atomic E-state index is -0.987. The molecule has 0 spiro atoms. The molecule has 0 bridgehead atoms. The first kappa shape index (κ1) is 16.7. The molecule has 0 aromatic heterocycles. The molecule has 0 atom stereocenters. The molecule has 0 aromatic rings. The summed E-state index contributed by atoms with van der Waals surface area (Å²) in [6, 6.07) is -0.351. The molecule has 0 saturated heterocycles. The van der Waals surface area contributed by atoms with Crippen LogP contribution in [0.1, 0.15) is 20.3 Å². The van der Waals surface area contributed by atoms with E-state index in [-0.39, 0.29) is 18.6 Å². The fraction of sp³-hybridized carbons (Fsp3) is 0.833. The van der Waals surface area contributed by atoms with Crippen LogP contribution in [0.25, 0.3) is 0 Å². The van der Waals surface area contributed by atoms with E-state index >= 15 is 0 Å². The zero-order valence-corrected chi connectivity index (χ0v) is 12.0. The number of carbonyl (C=O) groups is 2. The van der Waals surface area contributed by atoms with Crippen molar-refractivity contribution in [2.75, 3.05) is 40.8 Å². The van der Waals surface area contributed by atoms with Crippen LogP contribution in [0.15, 0.2) is 0 Å². The lowest BCUT2D eigenvalue weighted by Gasteiger charge is -2.30. The van der Waals surface area contributed by atoms with Gasteiger partial charge in [-0.3, -0.25) is 4.79 Å². The van der Waals surface area contributed by atoms with E-state index < -0.39 is 5.97 Å². The summed E-state index contributed by atoms with van der Waals surface area (Å²) in [4.78, 5) is 27.8. The summed E-state index contributed by atoms with van der Waals surface area (Å²) in [6.45, 7) is 4.90. The van der Waals surface area contributed by atoms with Gasteiger partial charge in [-0.25, -0.2) is 4.79 Å². The number of nitrogens with zero attached hydrogens (tertiary/aromatic N) is 3. The fourth-order valence-electron chi connectivity index (χ4n) is 1.56. The van der Waals surface area contributed by atoms with Crippen molar-refractivity contribution < 1.29 is 14.7 Å². The summed E-state index contributed by atoms with van der Waals surface area (Å²) in [5.74, 6) is -0.987. The van der Waals surface area contributed by atoms with Crippen LogP contribution in [0.3, 0.4) is 0 Å². The Morgan fingerprint density at radius 2 is 1.67 bits per heavy atom. The van der Waals surface area contributed by atoms with Gasteiger partial charge in [0.25, 0.3) is 0 Å². The normalized spacial score (nSPS) is 10.8. The molecule has 0 aliphatic heterocycles. The van der Waals surface area contributed by atoms with Crippen LogP contribution >= 0.6 is 0 Å². The Labute approximate surface area is 109 Å². The molecule has 1 N–H and O–H groups in total. The second kappa shape index (κ2) is 7.92. The Bertz CT molecular complexity index is 280. The average molecular weight is 259 g/mol. The van der Waals surface area contributed by atoms with Gasteiger partial charge in [0.15, 0.2) is 0 Å². The van der Waals surface area contributed by atoms with Gasteiger partial charge in [-0.05, 0) is 40.9 Å². The van der Waals surface area contributed by atoms with Gasteiger partial charge in [0.05, 0.1) is 0 Å². The molecule has 0 unspecified atom stereocenters. The van der Waals surface area contributed by atoms with Crippen molar-refractivity contribution in [2.45, 2.75) is 26.3 Å². The molecular formula is C12H25N3O3. The predicted octanol–water partition coefficient (Wildman–Crippen LogP) is 0.785. The lowest BCUT2D eigenvalue weighted by Crippen LogP contribution is -2.47. The van der Waals surface area contributed by atoms with Crippen LogP contribution in [0.5, 0.6) is 0 Å². The smallest absolute Gasteiger partial charge is 0.323 e. The zero-order valence-electron chi connectivity index (χ0n) is 12.0. The Hall–Kier alpha value is -1.30. The maximum Gasteiger partial charge on any atom is 0.323 e. The molecule has 6 nitrogen and oxygen atoms in total. The second-order valence-electron chi connectivity index (χ2n) is 4.98. The number of carbonyl (C=O) groups excluding carboxylic acids is 1. The third-order valence-corrected chi connectivity index (χ3v) is 2.60. The summed E-state index contributed by atoms with van der Waals surface area (Å²) in [5, 5.41) is 8.79. The molecule has 0 rings (SSSR count). The van der Waals surface area contributed by atoms with Gasteiger partial charge in [-0.2, -0.15) is 0 Å². The summed E-state index contributed by atoms with van der Waals surface area (Å²) in [6.07, 6.45) is 0.869. The molecule has 0 aliphatic rings. The topological polar surface area (TPSA) is 64.1 Å². The third-order valence-electron chi connectivity index (χ3n) is 2.60. The van der Waals surface area contributed by atoms with Crippen LogP contribution in [0, 0.1) is 0 Å². The second-order valence-corrected chi connectivity index (χ2v) is 4.98.